The van der Waals surface area contributed by atoms with Crippen LogP contribution in [-0.2, 0) is 17.5 Å². The van der Waals surface area contributed by atoms with Crippen molar-refractivity contribution in [3.63, 3.8) is 0 Å². The number of fused-ring (bicyclic) bond motifs is 2. The first kappa shape index (κ1) is 26.6. The number of hydrogen-bond acceptors (Lipinski definition) is 4. The summed E-state index contributed by atoms with van der Waals surface area (Å²) >= 11 is 0. The third-order valence-corrected chi connectivity index (χ3v) is 12.1. The van der Waals surface area contributed by atoms with E-state index < -0.39 is 8.32 Å². The summed E-state index contributed by atoms with van der Waals surface area (Å²) in [7, 11) is 0.283. The smallest absolute Gasteiger partial charge is 0.192 e. The lowest BCUT2D eigenvalue weighted by Gasteiger charge is -2.37. The number of H-pyrrole nitrogens is 1. The van der Waals surface area contributed by atoms with Gasteiger partial charge in [0.25, 0.3) is 0 Å². The fourth-order valence-electron chi connectivity index (χ4n) is 4.49. The van der Waals surface area contributed by atoms with Crippen LogP contribution in [0.15, 0.2) is 48.5 Å². The van der Waals surface area contributed by atoms with Gasteiger partial charge in [0.1, 0.15) is 11.6 Å². The number of benzene rings is 2. The Bertz CT molecular complexity index is 1250. The zero-order chi connectivity index (χ0) is 25.9. The quantitative estimate of drug-likeness (QED) is 0.217. The van der Waals surface area contributed by atoms with Crippen molar-refractivity contribution < 1.29 is 4.43 Å². The standard InChI is InChI=1S/C29H43N5OSi/c1-8-9-14-22(21-35-36(6,7)29(2,3)4)34-26-18-13-12-17-25(26)32-28(34)20-33(5)19-27-30-23-15-10-11-16-24(23)31-27/h10-13,15-18,22H,8-9,14,19-21H2,1-7H3,(H,30,31). The Morgan fingerprint density at radius 1 is 1.00 bits per heavy atom. The maximum absolute atomic E-state index is 6.78. The number of nitrogens with zero attached hydrogens (tertiary/aromatic N) is 4. The maximum atomic E-state index is 6.78. The Hall–Kier alpha value is -2.48. The lowest BCUT2D eigenvalue weighted by molar-refractivity contribution is 0.214. The zero-order valence-corrected chi connectivity index (χ0v) is 24.1. The number of hydrogen-bond donors (Lipinski definition) is 1. The van der Waals surface area contributed by atoms with E-state index in [4.69, 9.17) is 14.4 Å². The molecular weight excluding hydrogens is 462 g/mol. The summed E-state index contributed by atoms with van der Waals surface area (Å²) in [5.74, 6) is 2.07. The molecule has 194 valence electrons. The van der Waals surface area contributed by atoms with Gasteiger partial charge in [0.05, 0.1) is 47.8 Å². The Morgan fingerprint density at radius 2 is 1.69 bits per heavy atom. The number of aromatic amines is 1. The second kappa shape index (κ2) is 10.9. The van der Waals surface area contributed by atoms with Gasteiger partial charge >= 0.3 is 0 Å². The summed E-state index contributed by atoms with van der Waals surface area (Å²) in [5, 5.41) is 0.189. The Morgan fingerprint density at radius 3 is 2.39 bits per heavy atom. The normalized spacial score (nSPS) is 13.8. The van der Waals surface area contributed by atoms with Crippen LogP contribution in [0.2, 0.25) is 18.1 Å². The molecule has 4 rings (SSSR count). The van der Waals surface area contributed by atoms with Crippen LogP contribution >= 0.6 is 0 Å². The van der Waals surface area contributed by atoms with Gasteiger partial charge in [-0.15, -0.1) is 0 Å². The maximum Gasteiger partial charge on any atom is 0.192 e. The average molecular weight is 506 g/mol. The van der Waals surface area contributed by atoms with E-state index >= 15 is 0 Å². The van der Waals surface area contributed by atoms with E-state index in [-0.39, 0.29) is 11.1 Å². The molecule has 4 aromatic rings. The minimum absolute atomic E-state index is 0.189. The SMILES string of the molecule is CCCCC(CO[Si](C)(C)C(C)(C)C)n1c(CN(C)Cc2nc3ccccc3[nH]2)nc2ccccc21. The summed E-state index contributed by atoms with van der Waals surface area (Å²) in [4.78, 5) is 15.6. The highest BCUT2D eigenvalue weighted by Gasteiger charge is 2.38. The first-order valence-electron chi connectivity index (χ1n) is 13.3. The summed E-state index contributed by atoms with van der Waals surface area (Å²) in [5.41, 5.74) is 4.34. The van der Waals surface area contributed by atoms with Crippen molar-refractivity contribution in [1.29, 1.82) is 0 Å². The fraction of sp³-hybridized carbons (Fsp3) is 0.517. The van der Waals surface area contributed by atoms with Gasteiger partial charge in [-0.3, -0.25) is 4.90 Å². The minimum Gasteiger partial charge on any atom is -0.415 e. The number of nitrogens with one attached hydrogen (secondary N) is 1. The van der Waals surface area contributed by atoms with Crippen LogP contribution < -0.4 is 0 Å². The topological polar surface area (TPSA) is 59.0 Å². The Labute approximate surface area is 217 Å². The molecular formula is C29H43N5OSi. The molecule has 6 nitrogen and oxygen atoms in total. The van der Waals surface area contributed by atoms with Crippen molar-refractivity contribution in [1.82, 2.24) is 24.4 Å². The molecule has 36 heavy (non-hydrogen) atoms. The van der Waals surface area contributed by atoms with Gasteiger partial charge in [0.15, 0.2) is 8.32 Å². The van der Waals surface area contributed by atoms with Gasteiger partial charge in [-0.1, -0.05) is 64.8 Å². The van der Waals surface area contributed by atoms with Crippen LogP contribution in [0.1, 0.15) is 64.6 Å². The molecule has 7 heteroatoms. The third kappa shape index (κ3) is 5.90. The molecule has 2 heterocycles. The fourth-order valence-corrected chi connectivity index (χ4v) is 5.54. The van der Waals surface area contributed by atoms with Crippen LogP contribution in [0.4, 0.5) is 0 Å². The van der Waals surface area contributed by atoms with E-state index in [9.17, 15) is 0 Å². The van der Waals surface area contributed by atoms with Crippen molar-refractivity contribution in [3.8, 4) is 0 Å². The number of unbranched alkanes of at least 4 members (excludes halogenated alkanes) is 1. The van der Waals surface area contributed by atoms with Crippen LogP contribution in [0.5, 0.6) is 0 Å². The van der Waals surface area contributed by atoms with Crippen LogP contribution in [0.3, 0.4) is 0 Å². The highest BCUT2D eigenvalue weighted by Crippen LogP contribution is 2.38. The highest BCUT2D eigenvalue weighted by molar-refractivity contribution is 6.74. The third-order valence-electron chi connectivity index (χ3n) is 7.64. The van der Waals surface area contributed by atoms with E-state index in [2.05, 4.69) is 98.7 Å². The number of para-hydroxylation sites is 4. The van der Waals surface area contributed by atoms with Gasteiger partial charge in [0.2, 0.25) is 0 Å². The van der Waals surface area contributed by atoms with E-state index in [0.29, 0.717) is 0 Å². The highest BCUT2D eigenvalue weighted by atomic mass is 28.4. The predicted molar refractivity (Wildman–Crippen MR) is 153 cm³/mol. The van der Waals surface area contributed by atoms with E-state index in [1.54, 1.807) is 0 Å². The monoisotopic (exact) mass is 505 g/mol. The van der Waals surface area contributed by atoms with Crippen LogP contribution in [0.25, 0.3) is 22.1 Å². The van der Waals surface area contributed by atoms with Crippen molar-refractivity contribution in [2.45, 2.75) is 84.2 Å². The van der Waals surface area contributed by atoms with Gasteiger partial charge in [-0.2, -0.15) is 0 Å². The molecule has 0 aliphatic carbocycles. The molecule has 0 aliphatic rings. The average Bonchev–Trinajstić information content (AvgIpc) is 3.38. The second-order valence-electron chi connectivity index (χ2n) is 11.6. The lowest BCUT2D eigenvalue weighted by Crippen LogP contribution is -2.42. The molecule has 0 spiro atoms. The van der Waals surface area contributed by atoms with Crippen LogP contribution in [-0.4, -0.2) is 46.4 Å². The van der Waals surface area contributed by atoms with Crippen LogP contribution in [0, 0.1) is 0 Å². The van der Waals surface area contributed by atoms with Crippen molar-refractivity contribution in [2.24, 2.45) is 0 Å². The van der Waals surface area contributed by atoms with E-state index in [0.717, 1.165) is 54.3 Å². The molecule has 1 N–H and O–H groups in total. The first-order valence-corrected chi connectivity index (χ1v) is 16.2. The molecule has 0 saturated heterocycles. The Kier molecular flexibility index (Phi) is 8.02. The van der Waals surface area contributed by atoms with Gasteiger partial charge in [-0.25, -0.2) is 9.97 Å². The van der Waals surface area contributed by atoms with E-state index in [1.807, 2.05) is 12.1 Å². The van der Waals surface area contributed by atoms with Crippen molar-refractivity contribution >= 4 is 30.4 Å². The Balaban J connectivity index is 1.61. The van der Waals surface area contributed by atoms with E-state index in [1.165, 1.54) is 18.4 Å². The molecule has 0 aliphatic heterocycles. The summed E-state index contributed by atoms with van der Waals surface area (Å²) < 4.78 is 9.24. The molecule has 2 aromatic heterocycles. The molecule has 0 fully saturated rings. The summed E-state index contributed by atoms with van der Waals surface area (Å²) in [6, 6.07) is 17.0. The largest absolute Gasteiger partial charge is 0.415 e. The number of aromatic nitrogens is 4. The number of imidazole rings is 2. The molecule has 0 radical (unpaired) electrons. The van der Waals surface area contributed by atoms with Crippen molar-refractivity contribution in [3.05, 3.63) is 60.2 Å². The minimum atomic E-state index is -1.86. The summed E-state index contributed by atoms with van der Waals surface area (Å²) in [6.45, 7) is 16.1. The number of rotatable bonds is 11. The zero-order valence-electron chi connectivity index (χ0n) is 23.1. The second-order valence-corrected chi connectivity index (χ2v) is 16.4. The predicted octanol–water partition coefficient (Wildman–Crippen LogP) is 7.30. The lowest BCUT2D eigenvalue weighted by atomic mass is 10.1. The molecule has 1 atom stereocenters. The molecule has 2 aromatic carbocycles. The van der Waals surface area contributed by atoms with Gasteiger partial charge < -0.3 is 14.0 Å². The van der Waals surface area contributed by atoms with Gasteiger partial charge in [-0.05, 0) is 55.9 Å². The summed E-state index contributed by atoms with van der Waals surface area (Å²) in [6.07, 6.45) is 3.43. The molecule has 1 unspecified atom stereocenters. The van der Waals surface area contributed by atoms with Gasteiger partial charge in [0, 0.05) is 0 Å². The molecule has 0 bridgehead atoms. The molecule has 0 amide bonds. The first-order chi connectivity index (χ1) is 17.1. The molecule has 0 saturated carbocycles. The van der Waals surface area contributed by atoms with Crippen molar-refractivity contribution in [2.75, 3.05) is 13.7 Å².